The van der Waals surface area contributed by atoms with E-state index in [-0.39, 0.29) is 77.5 Å². The standard InChI is InChI=1S/3ClH.F.La/h3*1H;;/q;;;;+3/p-3. The summed E-state index contributed by atoms with van der Waals surface area (Å²) in [6.07, 6.45) is 0. The maximum absolute atomic E-state index is 0. The summed E-state index contributed by atoms with van der Waals surface area (Å²) in [5, 5.41) is 0. The minimum absolute atomic E-state index is 0. The molecule has 5 heavy (non-hydrogen) atoms. The normalized spacial score (nSPS) is 0. The Morgan fingerprint density at radius 3 is 0.600 bits per heavy atom. The number of rotatable bonds is 0. The van der Waals surface area contributed by atoms with Gasteiger partial charge in [0, 0.05) is 4.70 Å². The molecule has 0 aromatic rings. The molecule has 0 aliphatic heterocycles. The Balaban J connectivity index is 0. The molecule has 0 N–H and O–H groups in total. The van der Waals surface area contributed by atoms with Crippen LogP contribution in [0.5, 0.6) is 0 Å². The van der Waals surface area contributed by atoms with Crippen LogP contribution in [-0.4, -0.2) is 0 Å². The predicted octanol–water partition coefficient (Wildman–Crippen LogP) is -8.57. The molecule has 0 unspecified atom stereocenters. The van der Waals surface area contributed by atoms with Crippen molar-refractivity contribution in [1.82, 2.24) is 0 Å². The first kappa shape index (κ1) is 63.2. The largest absolute Gasteiger partial charge is 3.00 e. The van der Waals surface area contributed by atoms with Crippen molar-refractivity contribution in [2.75, 3.05) is 0 Å². The summed E-state index contributed by atoms with van der Waals surface area (Å²) >= 11 is 0. The van der Waals surface area contributed by atoms with Crippen LogP contribution in [0, 0.1) is 35.6 Å². The molecule has 0 rings (SSSR count). The Kier molecular flexibility index (Phi) is 475. The van der Waals surface area contributed by atoms with Gasteiger partial charge in [0.15, 0.2) is 0 Å². The zero-order valence-electron chi connectivity index (χ0n) is 2.09. The topological polar surface area (TPSA) is 0 Å². The van der Waals surface area contributed by atoms with Gasteiger partial charge in [0.2, 0.25) is 0 Å². The smallest absolute Gasteiger partial charge is 1.00 e. The van der Waals surface area contributed by atoms with Crippen LogP contribution in [0.4, 0.5) is 4.70 Å². The molecule has 0 nitrogen and oxygen atoms in total. The van der Waals surface area contributed by atoms with E-state index < -0.39 is 0 Å². The van der Waals surface area contributed by atoms with Crippen LogP contribution in [0.2, 0.25) is 0 Å². The van der Waals surface area contributed by atoms with Crippen molar-refractivity contribution < 1.29 is 77.5 Å². The molecular formula is Cl3FLa. The van der Waals surface area contributed by atoms with Gasteiger partial charge in [0.05, 0.1) is 0 Å². The van der Waals surface area contributed by atoms with Gasteiger partial charge >= 0.3 is 35.6 Å². The zero-order chi connectivity index (χ0) is 0. The van der Waals surface area contributed by atoms with Crippen LogP contribution in [0.15, 0.2) is 0 Å². The van der Waals surface area contributed by atoms with Gasteiger partial charge in [-0.2, -0.15) is 0 Å². The Hall–Kier alpha value is 1.99. The molecule has 0 amide bonds. The zero-order valence-corrected chi connectivity index (χ0v) is 7.98. The maximum Gasteiger partial charge on any atom is 3.00 e. The van der Waals surface area contributed by atoms with Crippen LogP contribution in [0.1, 0.15) is 0 Å². The molecule has 0 bridgehead atoms. The first-order chi connectivity index (χ1) is 0. The monoisotopic (exact) mass is 263 g/mol. The molecular weight excluding hydrogens is 264 g/mol. The predicted molar refractivity (Wildman–Crippen MR) is 1.11 cm³/mol. The van der Waals surface area contributed by atoms with Crippen molar-refractivity contribution in [3.05, 3.63) is 0 Å². The number of hydrogen-bond acceptors (Lipinski definition) is 0. The van der Waals surface area contributed by atoms with Crippen molar-refractivity contribution in [2.24, 2.45) is 0 Å². The van der Waals surface area contributed by atoms with Gasteiger partial charge in [-0.05, 0) is 0 Å². The molecule has 31 valence electrons. The van der Waals surface area contributed by atoms with E-state index in [0.29, 0.717) is 0 Å². The second kappa shape index (κ2) is 37.6. The van der Waals surface area contributed by atoms with E-state index in [1.165, 1.54) is 0 Å². The second-order valence-corrected chi connectivity index (χ2v) is 0. The average Bonchev–Trinajstić information content (AvgIpc) is 0. The van der Waals surface area contributed by atoms with Crippen LogP contribution in [-0.2, 0) is 0 Å². The third-order valence-electron chi connectivity index (χ3n) is 0. The third-order valence-corrected chi connectivity index (χ3v) is 0. The van der Waals surface area contributed by atoms with E-state index >= 15 is 0 Å². The number of hydrogen-bond donors (Lipinski definition) is 0. The fraction of sp³-hybridized carbons (Fsp3) is 0. The molecule has 0 fully saturated rings. The Labute approximate surface area is 76.7 Å². The fourth-order valence-corrected chi connectivity index (χ4v) is 0. The van der Waals surface area contributed by atoms with E-state index in [1.807, 2.05) is 0 Å². The summed E-state index contributed by atoms with van der Waals surface area (Å²) in [5.41, 5.74) is 0. The first-order valence-electron chi connectivity index (χ1n) is 0. The average molecular weight is 264 g/mol. The molecule has 0 spiro atoms. The van der Waals surface area contributed by atoms with E-state index in [4.69, 9.17) is 0 Å². The molecule has 5 heteroatoms. The molecule has 0 aromatic heterocycles. The van der Waals surface area contributed by atoms with Crippen molar-refractivity contribution >= 4 is 0 Å². The van der Waals surface area contributed by atoms with Gasteiger partial charge in [-0.1, -0.05) is 0 Å². The number of halogens is 4. The van der Waals surface area contributed by atoms with Gasteiger partial charge in [-0.3, -0.25) is 0 Å². The summed E-state index contributed by atoms with van der Waals surface area (Å²) < 4.78 is 0. The van der Waals surface area contributed by atoms with E-state index in [2.05, 4.69) is 0 Å². The van der Waals surface area contributed by atoms with Gasteiger partial charge in [0.1, 0.15) is 0 Å². The quantitative estimate of drug-likeness (QED) is 0.408. The molecule has 0 aliphatic carbocycles. The molecule has 0 atom stereocenters. The molecule has 0 saturated carbocycles. The minimum Gasteiger partial charge on any atom is -1.00 e. The molecule has 0 aliphatic rings. The van der Waals surface area contributed by atoms with E-state index in [0.717, 1.165) is 0 Å². The summed E-state index contributed by atoms with van der Waals surface area (Å²) in [5.74, 6) is 0. The molecule has 1 radical (unpaired) electrons. The van der Waals surface area contributed by atoms with Crippen LogP contribution in [0.25, 0.3) is 0 Å². The van der Waals surface area contributed by atoms with Crippen molar-refractivity contribution in [1.29, 1.82) is 0 Å². The Morgan fingerprint density at radius 1 is 0.600 bits per heavy atom. The third kappa shape index (κ3) is 24.0. The van der Waals surface area contributed by atoms with Crippen molar-refractivity contribution in [2.45, 2.75) is 0 Å². The molecule has 0 aromatic carbocycles. The molecule has 0 saturated heterocycles. The first-order valence-corrected chi connectivity index (χ1v) is 0. The summed E-state index contributed by atoms with van der Waals surface area (Å²) in [6, 6.07) is 0. The van der Waals surface area contributed by atoms with Crippen molar-refractivity contribution in [3.8, 4) is 0 Å². The van der Waals surface area contributed by atoms with Crippen LogP contribution in [0.3, 0.4) is 0 Å². The van der Waals surface area contributed by atoms with Gasteiger partial charge in [-0.25, -0.2) is 0 Å². The summed E-state index contributed by atoms with van der Waals surface area (Å²) in [4.78, 5) is 0. The second-order valence-electron chi connectivity index (χ2n) is 0. The van der Waals surface area contributed by atoms with Gasteiger partial charge in [-0.15, -0.1) is 0 Å². The van der Waals surface area contributed by atoms with Crippen LogP contribution >= 0.6 is 0 Å². The Bertz CT molecular complexity index is 6.85. The van der Waals surface area contributed by atoms with Crippen molar-refractivity contribution in [3.63, 3.8) is 0 Å². The summed E-state index contributed by atoms with van der Waals surface area (Å²) in [7, 11) is 0. The summed E-state index contributed by atoms with van der Waals surface area (Å²) in [6.45, 7) is 0. The SMILES string of the molecule is [Cl-].[Cl-].[Cl-].[F].[La+3]. The van der Waals surface area contributed by atoms with E-state index in [1.54, 1.807) is 0 Å². The molecule has 0 heterocycles. The van der Waals surface area contributed by atoms with Gasteiger partial charge in [0.25, 0.3) is 0 Å². The Morgan fingerprint density at radius 2 is 0.600 bits per heavy atom. The van der Waals surface area contributed by atoms with Crippen LogP contribution < -0.4 is 37.2 Å². The minimum atomic E-state index is 0. The van der Waals surface area contributed by atoms with Gasteiger partial charge < -0.3 is 37.2 Å². The maximum atomic E-state index is 0. The fourth-order valence-electron chi connectivity index (χ4n) is 0. The van der Waals surface area contributed by atoms with E-state index in [9.17, 15) is 0 Å².